The van der Waals surface area contributed by atoms with Crippen molar-refractivity contribution in [3.63, 3.8) is 0 Å². The van der Waals surface area contributed by atoms with Gasteiger partial charge in [-0.15, -0.1) is 26.3 Å². The van der Waals surface area contributed by atoms with Gasteiger partial charge in [0.05, 0.1) is 11.2 Å². The van der Waals surface area contributed by atoms with E-state index < -0.39 is 59.9 Å². The molecule has 0 spiro atoms. The maximum absolute atomic E-state index is 13.5. The van der Waals surface area contributed by atoms with Gasteiger partial charge in [0.15, 0.2) is 0 Å². The Labute approximate surface area is 220 Å². The number of sulfonamides is 1. The lowest BCUT2D eigenvalue weighted by molar-refractivity contribution is -0.276. The van der Waals surface area contributed by atoms with E-state index in [0.717, 1.165) is 42.7 Å². The summed E-state index contributed by atoms with van der Waals surface area (Å²) in [5.41, 5.74) is 1.01. The fourth-order valence-corrected chi connectivity index (χ4v) is 6.07. The predicted octanol–water partition coefficient (Wildman–Crippen LogP) is 5.52. The van der Waals surface area contributed by atoms with Crippen LogP contribution in [0.3, 0.4) is 0 Å². The summed E-state index contributed by atoms with van der Waals surface area (Å²) < 4.78 is 137. The van der Waals surface area contributed by atoms with Gasteiger partial charge in [0.1, 0.15) is 16.4 Å². The Balaban J connectivity index is 2.07. The Morgan fingerprint density at radius 2 is 1.38 bits per heavy atom. The Kier molecular flexibility index (Phi) is 8.57. The molecule has 0 amide bonds. The SMILES string of the molecule is C[C@H](NS(C)(=O)=O)c1ccc(Cc2ccc(OC(F)(F)F)cc2S(=O)(=O)c2ccccc2OC(F)(F)F)cc1. The van der Waals surface area contributed by atoms with E-state index in [1.54, 1.807) is 31.2 Å². The molecule has 0 fully saturated rings. The van der Waals surface area contributed by atoms with Crippen molar-refractivity contribution >= 4 is 19.9 Å². The molecule has 0 aliphatic heterocycles. The Morgan fingerprint density at radius 1 is 0.795 bits per heavy atom. The molecule has 0 saturated heterocycles. The van der Waals surface area contributed by atoms with Crippen LogP contribution in [0, 0.1) is 0 Å². The number of nitrogens with one attached hydrogen (secondary N) is 1. The summed E-state index contributed by atoms with van der Waals surface area (Å²) in [5, 5.41) is 0. The van der Waals surface area contributed by atoms with Crippen molar-refractivity contribution in [1.29, 1.82) is 0 Å². The van der Waals surface area contributed by atoms with Crippen LogP contribution < -0.4 is 14.2 Å². The summed E-state index contributed by atoms with van der Waals surface area (Å²) in [6.45, 7) is 1.60. The number of rotatable bonds is 9. The lowest BCUT2D eigenvalue weighted by atomic mass is 10.0. The third-order valence-corrected chi connectivity index (χ3v) is 7.85. The minimum absolute atomic E-state index is 0.0404. The predicted molar refractivity (Wildman–Crippen MR) is 127 cm³/mol. The van der Waals surface area contributed by atoms with Crippen molar-refractivity contribution in [1.82, 2.24) is 4.72 Å². The van der Waals surface area contributed by atoms with Crippen molar-refractivity contribution in [2.24, 2.45) is 0 Å². The van der Waals surface area contributed by atoms with Gasteiger partial charge < -0.3 is 9.47 Å². The summed E-state index contributed by atoms with van der Waals surface area (Å²) in [6, 6.07) is 12.0. The Hall–Kier alpha value is -3.30. The van der Waals surface area contributed by atoms with E-state index in [9.17, 15) is 43.2 Å². The molecular formula is C24H21F6NO6S2. The number of hydrogen-bond acceptors (Lipinski definition) is 6. The number of sulfone groups is 1. The fraction of sp³-hybridized carbons (Fsp3) is 0.250. The average molecular weight is 598 g/mol. The van der Waals surface area contributed by atoms with Crippen LogP contribution in [0.25, 0.3) is 0 Å². The molecule has 39 heavy (non-hydrogen) atoms. The minimum atomic E-state index is -5.24. The third kappa shape index (κ3) is 8.60. The van der Waals surface area contributed by atoms with Gasteiger partial charge in [0, 0.05) is 6.04 Å². The van der Waals surface area contributed by atoms with Crippen LogP contribution in [0.1, 0.15) is 29.7 Å². The van der Waals surface area contributed by atoms with E-state index in [0.29, 0.717) is 17.2 Å². The number of halogens is 6. The molecule has 3 rings (SSSR count). The van der Waals surface area contributed by atoms with Crippen molar-refractivity contribution in [3.8, 4) is 11.5 Å². The maximum atomic E-state index is 13.5. The first-order chi connectivity index (χ1) is 17.8. The molecule has 3 aromatic rings. The molecule has 7 nitrogen and oxygen atoms in total. The monoisotopic (exact) mass is 597 g/mol. The van der Waals surface area contributed by atoms with Crippen LogP contribution in [0.15, 0.2) is 76.5 Å². The van der Waals surface area contributed by atoms with Gasteiger partial charge in [0.25, 0.3) is 0 Å². The van der Waals surface area contributed by atoms with Gasteiger partial charge in [0.2, 0.25) is 19.9 Å². The van der Waals surface area contributed by atoms with Crippen LogP contribution in [-0.4, -0.2) is 35.8 Å². The smallest absolute Gasteiger partial charge is 0.406 e. The summed E-state index contributed by atoms with van der Waals surface area (Å²) in [4.78, 5) is -1.64. The van der Waals surface area contributed by atoms with Crippen LogP contribution in [0.2, 0.25) is 0 Å². The number of benzene rings is 3. The molecule has 1 N–H and O–H groups in total. The van der Waals surface area contributed by atoms with E-state index in [1.165, 1.54) is 0 Å². The van der Waals surface area contributed by atoms with Gasteiger partial charge in [-0.2, -0.15) is 0 Å². The lowest BCUT2D eigenvalue weighted by Gasteiger charge is -2.17. The molecule has 0 aliphatic carbocycles. The Morgan fingerprint density at radius 3 is 1.95 bits per heavy atom. The molecule has 0 bridgehead atoms. The van der Waals surface area contributed by atoms with Crippen molar-refractivity contribution in [3.05, 3.63) is 83.4 Å². The first-order valence-corrected chi connectivity index (χ1v) is 14.3. The van der Waals surface area contributed by atoms with E-state index in [2.05, 4.69) is 14.2 Å². The molecule has 212 valence electrons. The Bertz CT molecular complexity index is 1540. The molecule has 0 saturated carbocycles. The van der Waals surface area contributed by atoms with Gasteiger partial charge in [-0.25, -0.2) is 21.6 Å². The zero-order chi connectivity index (χ0) is 29.2. The second kappa shape index (κ2) is 11.1. The second-order valence-electron chi connectivity index (χ2n) is 8.35. The maximum Gasteiger partial charge on any atom is 0.573 e. The topological polar surface area (TPSA) is 98.8 Å². The highest BCUT2D eigenvalue weighted by molar-refractivity contribution is 7.91. The van der Waals surface area contributed by atoms with E-state index in [-0.39, 0.29) is 12.0 Å². The molecule has 3 aromatic carbocycles. The summed E-state index contributed by atoms with van der Waals surface area (Å²) in [6.07, 6.45) is -9.56. The highest BCUT2D eigenvalue weighted by Crippen LogP contribution is 2.37. The molecular weight excluding hydrogens is 576 g/mol. The first kappa shape index (κ1) is 30.2. The normalized spacial score (nSPS) is 13.6. The number of para-hydroxylation sites is 1. The minimum Gasteiger partial charge on any atom is -0.406 e. The summed E-state index contributed by atoms with van der Waals surface area (Å²) in [5.74, 6) is -1.95. The number of hydrogen-bond donors (Lipinski definition) is 1. The first-order valence-electron chi connectivity index (χ1n) is 10.9. The van der Waals surface area contributed by atoms with Crippen LogP contribution in [0.4, 0.5) is 26.3 Å². The molecule has 1 atom stereocenters. The van der Waals surface area contributed by atoms with Gasteiger partial charge in [-0.1, -0.05) is 42.5 Å². The van der Waals surface area contributed by atoms with Gasteiger partial charge in [-0.3, -0.25) is 0 Å². The number of ether oxygens (including phenoxy) is 2. The highest BCUT2D eigenvalue weighted by atomic mass is 32.2. The molecule has 0 aliphatic rings. The van der Waals surface area contributed by atoms with Crippen molar-refractivity contribution < 1.29 is 52.7 Å². The van der Waals surface area contributed by atoms with Crippen LogP contribution in [-0.2, 0) is 26.3 Å². The standard InChI is InChI=1S/C24H21F6NO6S2/c1-15(31-38(2,32)33)17-9-7-16(8-10-17)13-18-11-12-19(36-23(25,26)27)14-22(18)39(34,35)21-6-4-3-5-20(21)37-24(28,29)30/h3-12,14-15,31H,13H2,1-2H3/t15-/m0/s1. The largest absolute Gasteiger partial charge is 0.573 e. The lowest BCUT2D eigenvalue weighted by Crippen LogP contribution is -2.25. The van der Waals surface area contributed by atoms with Gasteiger partial charge in [-0.05, 0) is 54.3 Å². The van der Waals surface area contributed by atoms with Gasteiger partial charge >= 0.3 is 12.7 Å². The van der Waals surface area contributed by atoms with E-state index in [1.807, 2.05) is 0 Å². The number of alkyl halides is 6. The summed E-state index contributed by atoms with van der Waals surface area (Å²) in [7, 11) is -8.36. The van der Waals surface area contributed by atoms with Crippen LogP contribution >= 0.6 is 0 Å². The molecule has 0 heterocycles. The van der Waals surface area contributed by atoms with Crippen molar-refractivity contribution in [2.75, 3.05) is 6.26 Å². The van der Waals surface area contributed by atoms with Crippen LogP contribution in [0.5, 0.6) is 11.5 Å². The molecule has 0 unspecified atom stereocenters. The molecule has 0 aromatic heterocycles. The zero-order valence-corrected chi connectivity index (χ0v) is 21.8. The highest BCUT2D eigenvalue weighted by Gasteiger charge is 2.36. The fourth-order valence-electron chi connectivity index (χ4n) is 3.66. The van der Waals surface area contributed by atoms with E-state index in [4.69, 9.17) is 0 Å². The zero-order valence-electron chi connectivity index (χ0n) is 20.2. The average Bonchev–Trinajstić information content (AvgIpc) is 2.77. The quantitative estimate of drug-likeness (QED) is 0.327. The molecule has 0 radical (unpaired) electrons. The summed E-state index contributed by atoms with van der Waals surface area (Å²) >= 11 is 0. The van der Waals surface area contributed by atoms with E-state index >= 15 is 0 Å². The third-order valence-electron chi connectivity index (χ3n) is 5.19. The molecule has 15 heteroatoms. The second-order valence-corrected chi connectivity index (χ2v) is 12.0. The van der Waals surface area contributed by atoms with Crippen molar-refractivity contribution in [2.45, 2.75) is 41.9 Å².